The summed E-state index contributed by atoms with van der Waals surface area (Å²) in [6.45, 7) is 11.0. The molecular formula is C31H47N3O7. The number of benzene rings is 1. The van der Waals surface area contributed by atoms with Gasteiger partial charge in [0.2, 0.25) is 0 Å². The molecule has 3 aliphatic rings. The van der Waals surface area contributed by atoms with Gasteiger partial charge < -0.3 is 28.7 Å². The Balaban J connectivity index is 1.39. The highest BCUT2D eigenvalue weighted by Crippen LogP contribution is 2.33. The van der Waals surface area contributed by atoms with E-state index in [1.54, 1.807) is 4.90 Å². The Kier molecular flexibility index (Phi) is 10.9. The number of hydrogen-bond donors (Lipinski definition) is 0. The van der Waals surface area contributed by atoms with Crippen molar-refractivity contribution in [3.8, 4) is 0 Å². The fourth-order valence-electron chi connectivity index (χ4n) is 5.92. The molecule has 0 radical (unpaired) electrons. The van der Waals surface area contributed by atoms with E-state index in [9.17, 15) is 14.4 Å². The third kappa shape index (κ3) is 8.82. The fourth-order valence-corrected chi connectivity index (χ4v) is 5.92. The molecule has 1 aromatic carbocycles. The number of nitrogens with zero attached hydrogens (tertiary/aromatic N) is 3. The van der Waals surface area contributed by atoms with Crippen LogP contribution in [-0.2, 0) is 30.3 Å². The van der Waals surface area contributed by atoms with Crippen LogP contribution in [0.2, 0.25) is 0 Å². The molecule has 0 N–H and O–H groups in total. The van der Waals surface area contributed by atoms with E-state index in [0.29, 0.717) is 39.3 Å². The monoisotopic (exact) mass is 573 g/mol. The SMILES string of the molecule is CCOC(=O)[C@H]1CC[C@H](OC([C@@H]2CCCN2C(=O)OC(C)(C)C)N2CCN(C(=O)OCc3ccccc3)CC2)CC1. The predicted octanol–water partition coefficient (Wildman–Crippen LogP) is 4.80. The maximum absolute atomic E-state index is 13.2. The average molecular weight is 574 g/mol. The van der Waals surface area contributed by atoms with Gasteiger partial charge in [-0.3, -0.25) is 9.69 Å². The molecule has 1 aromatic rings. The predicted molar refractivity (Wildman–Crippen MR) is 153 cm³/mol. The molecule has 2 aliphatic heterocycles. The lowest BCUT2D eigenvalue weighted by molar-refractivity contribution is -0.159. The van der Waals surface area contributed by atoms with E-state index < -0.39 is 5.60 Å². The lowest BCUT2D eigenvalue weighted by atomic mass is 9.87. The number of carbonyl (C=O) groups excluding carboxylic acids is 3. The molecule has 2 heterocycles. The minimum absolute atomic E-state index is 0.0133. The zero-order valence-corrected chi connectivity index (χ0v) is 25.1. The van der Waals surface area contributed by atoms with Crippen LogP contribution in [0.5, 0.6) is 0 Å². The quantitative estimate of drug-likeness (QED) is 0.323. The average Bonchev–Trinajstić information content (AvgIpc) is 3.45. The van der Waals surface area contributed by atoms with Gasteiger partial charge in [0.25, 0.3) is 0 Å². The molecule has 2 atom stereocenters. The minimum Gasteiger partial charge on any atom is -0.466 e. The van der Waals surface area contributed by atoms with Gasteiger partial charge in [-0.2, -0.15) is 0 Å². The summed E-state index contributed by atoms with van der Waals surface area (Å²) < 4.78 is 23.3. The van der Waals surface area contributed by atoms with Crippen molar-refractivity contribution in [1.29, 1.82) is 0 Å². The van der Waals surface area contributed by atoms with Crippen LogP contribution < -0.4 is 0 Å². The number of likely N-dealkylation sites (tertiary alicyclic amines) is 1. The second kappa shape index (κ2) is 14.4. The summed E-state index contributed by atoms with van der Waals surface area (Å²) in [5, 5.41) is 0. The van der Waals surface area contributed by atoms with Crippen LogP contribution in [0.15, 0.2) is 30.3 Å². The van der Waals surface area contributed by atoms with Gasteiger partial charge in [0, 0.05) is 32.7 Å². The molecular weight excluding hydrogens is 526 g/mol. The Morgan fingerprint density at radius 1 is 0.878 bits per heavy atom. The normalized spacial score (nSPS) is 24.5. The summed E-state index contributed by atoms with van der Waals surface area (Å²) in [4.78, 5) is 44.0. The van der Waals surface area contributed by atoms with Crippen LogP contribution in [-0.4, -0.2) is 96.2 Å². The summed E-state index contributed by atoms with van der Waals surface area (Å²) in [5.41, 5.74) is 0.367. The molecule has 1 unspecified atom stereocenters. The first-order valence-electron chi connectivity index (χ1n) is 15.2. The number of ether oxygens (including phenoxy) is 4. The standard InChI is InChI=1S/C31H47N3O7/c1-5-38-28(35)24-13-15-25(16-14-24)40-27(26-12-9-17-34(26)30(37)41-31(2,3)4)32-18-20-33(21-19-32)29(36)39-22-23-10-7-6-8-11-23/h6-8,10-11,24-27H,5,9,12-22H2,1-4H3/t24-,25-,26-,27?/m0/s1. The molecule has 3 fully saturated rings. The lowest BCUT2D eigenvalue weighted by Gasteiger charge is -2.44. The van der Waals surface area contributed by atoms with E-state index in [1.807, 2.05) is 62.9 Å². The fraction of sp³-hybridized carbons (Fsp3) is 0.710. The molecule has 228 valence electrons. The van der Waals surface area contributed by atoms with Crippen LogP contribution in [0.1, 0.15) is 71.8 Å². The van der Waals surface area contributed by atoms with Crippen molar-refractivity contribution in [2.75, 3.05) is 39.3 Å². The molecule has 1 aliphatic carbocycles. The molecule has 10 nitrogen and oxygen atoms in total. The van der Waals surface area contributed by atoms with Crippen molar-refractivity contribution in [2.45, 2.75) is 96.8 Å². The molecule has 4 rings (SSSR count). The molecule has 1 saturated carbocycles. The number of amides is 2. The second-order valence-electron chi connectivity index (χ2n) is 12.2. The maximum atomic E-state index is 13.2. The van der Waals surface area contributed by atoms with Gasteiger partial charge in [-0.25, -0.2) is 9.59 Å². The highest BCUT2D eigenvalue weighted by atomic mass is 16.6. The van der Waals surface area contributed by atoms with Gasteiger partial charge in [0.1, 0.15) is 18.4 Å². The number of hydrogen-bond acceptors (Lipinski definition) is 8. The van der Waals surface area contributed by atoms with Gasteiger partial charge >= 0.3 is 18.2 Å². The van der Waals surface area contributed by atoms with Crippen molar-refractivity contribution >= 4 is 18.2 Å². The van der Waals surface area contributed by atoms with Gasteiger partial charge in [-0.1, -0.05) is 30.3 Å². The first-order valence-corrected chi connectivity index (χ1v) is 15.2. The van der Waals surface area contributed by atoms with E-state index in [0.717, 1.165) is 44.1 Å². The van der Waals surface area contributed by atoms with Gasteiger partial charge in [-0.15, -0.1) is 0 Å². The van der Waals surface area contributed by atoms with Crippen LogP contribution in [0.3, 0.4) is 0 Å². The zero-order chi connectivity index (χ0) is 29.4. The van der Waals surface area contributed by atoms with E-state index in [-0.39, 0.29) is 49.1 Å². The number of rotatable bonds is 8. The van der Waals surface area contributed by atoms with Crippen molar-refractivity contribution in [3.63, 3.8) is 0 Å². The van der Waals surface area contributed by atoms with Crippen LogP contribution >= 0.6 is 0 Å². The molecule has 10 heteroatoms. The second-order valence-corrected chi connectivity index (χ2v) is 12.2. The van der Waals surface area contributed by atoms with Gasteiger partial charge in [0.05, 0.1) is 24.7 Å². The first kappa shape index (κ1) is 31.1. The van der Waals surface area contributed by atoms with Crippen LogP contribution in [0.4, 0.5) is 9.59 Å². The third-order valence-electron chi connectivity index (χ3n) is 8.02. The third-order valence-corrected chi connectivity index (χ3v) is 8.02. The Morgan fingerprint density at radius 3 is 2.20 bits per heavy atom. The van der Waals surface area contributed by atoms with E-state index >= 15 is 0 Å². The molecule has 0 spiro atoms. The van der Waals surface area contributed by atoms with Gasteiger partial charge in [0.15, 0.2) is 0 Å². The van der Waals surface area contributed by atoms with E-state index in [1.165, 1.54) is 0 Å². The first-order chi connectivity index (χ1) is 19.6. The van der Waals surface area contributed by atoms with Crippen molar-refractivity contribution in [3.05, 3.63) is 35.9 Å². The van der Waals surface area contributed by atoms with Gasteiger partial charge in [-0.05, 0) is 71.8 Å². The highest BCUT2D eigenvalue weighted by Gasteiger charge is 2.43. The lowest BCUT2D eigenvalue weighted by Crippen LogP contribution is -2.59. The highest BCUT2D eigenvalue weighted by molar-refractivity contribution is 5.72. The molecule has 0 bridgehead atoms. The van der Waals surface area contributed by atoms with Crippen LogP contribution in [0.25, 0.3) is 0 Å². The Bertz CT molecular complexity index is 999. The molecule has 41 heavy (non-hydrogen) atoms. The van der Waals surface area contributed by atoms with E-state index in [2.05, 4.69) is 4.90 Å². The molecule has 2 saturated heterocycles. The number of piperazine rings is 1. The minimum atomic E-state index is -0.586. The summed E-state index contributed by atoms with van der Waals surface area (Å²) >= 11 is 0. The maximum Gasteiger partial charge on any atom is 0.410 e. The largest absolute Gasteiger partial charge is 0.466 e. The number of esters is 1. The Hall–Kier alpha value is -2.85. The Labute approximate surface area is 244 Å². The van der Waals surface area contributed by atoms with E-state index in [4.69, 9.17) is 18.9 Å². The van der Waals surface area contributed by atoms with Crippen molar-refractivity contribution < 1.29 is 33.3 Å². The zero-order valence-electron chi connectivity index (χ0n) is 25.1. The topological polar surface area (TPSA) is 97.9 Å². The van der Waals surface area contributed by atoms with Crippen molar-refractivity contribution in [2.24, 2.45) is 5.92 Å². The summed E-state index contributed by atoms with van der Waals surface area (Å²) in [6.07, 6.45) is 3.73. The summed E-state index contributed by atoms with van der Waals surface area (Å²) in [5.74, 6) is -0.201. The molecule has 0 aromatic heterocycles. The number of carbonyl (C=O) groups is 3. The summed E-state index contributed by atoms with van der Waals surface area (Å²) in [6, 6.07) is 9.51. The summed E-state index contributed by atoms with van der Waals surface area (Å²) in [7, 11) is 0. The van der Waals surface area contributed by atoms with Crippen molar-refractivity contribution in [1.82, 2.24) is 14.7 Å². The molecule has 2 amide bonds. The van der Waals surface area contributed by atoms with Crippen LogP contribution in [0, 0.1) is 5.92 Å². The smallest absolute Gasteiger partial charge is 0.410 e. The Morgan fingerprint density at radius 2 is 1.56 bits per heavy atom.